The Balaban J connectivity index is 1.83. The molecule has 1 N–H and O–H groups in total. The van der Waals surface area contributed by atoms with Crippen LogP contribution < -0.4 is 5.32 Å². The number of amides is 1. The Morgan fingerprint density at radius 1 is 1.21 bits per heavy atom. The molecular formula is C19H24ClN3O. The predicted molar refractivity (Wildman–Crippen MR) is 99.8 cm³/mol. The Morgan fingerprint density at radius 3 is 2.58 bits per heavy atom. The van der Waals surface area contributed by atoms with E-state index in [0.29, 0.717) is 5.56 Å². The molecule has 1 heterocycles. The zero-order valence-corrected chi connectivity index (χ0v) is 15.0. The molecule has 0 atom stereocenters. The molecule has 0 bridgehead atoms. The van der Waals surface area contributed by atoms with E-state index in [1.165, 1.54) is 5.56 Å². The van der Waals surface area contributed by atoms with Crippen molar-refractivity contribution in [2.24, 2.45) is 0 Å². The van der Waals surface area contributed by atoms with Gasteiger partial charge in [0.15, 0.2) is 0 Å². The summed E-state index contributed by atoms with van der Waals surface area (Å²) in [5, 5.41) is 4.02. The SMILES string of the molecule is CCCCN(C)C(=O)c1ccc(NCCc2ccc(Cl)cc2)nc1. The summed E-state index contributed by atoms with van der Waals surface area (Å²) in [5.74, 6) is 0.792. The number of nitrogens with one attached hydrogen (secondary N) is 1. The van der Waals surface area contributed by atoms with Crippen LogP contribution in [0, 0.1) is 0 Å². The van der Waals surface area contributed by atoms with Gasteiger partial charge in [-0.05, 0) is 42.7 Å². The fraction of sp³-hybridized carbons (Fsp3) is 0.368. The van der Waals surface area contributed by atoms with Crippen LogP contribution in [0.15, 0.2) is 42.6 Å². The van der Waals surface area contributed by atoms with Gasteiger partial charge in [0.25, 0.3) is 5.91 Å². The van der Waals surface area contributed by atoms with Crippen molar-refractivity contribution in [2.75, 3.05) is 25.5 Å². The van der Waals surface area contributed by atoms with Gasteiger partial charge in [-0.2, -0.15) is 0 Å². The standard InChI is InChI=1S/C19H24ClN3O/c1-3-4-13-23(2)19(24)16-7-10-18(22-14-16)21-12-11-15-5-8-17(20)9-6-15/h5-10,14H,3-4,11-13H2,1-2H3,(H,21,22). The van der Waals surface area contributed by atoms with Crippen molar-refractivity contribution >= 4 is 23.3 Å². The highest BCUT2D eigenvalue weighted by molar-refractivity contribution is 6.30. The highest BCUT2D eigenvalue weighted by atomic mass is 35.5. The van der Waals surface area contributed by atoms with Crippen LogP contribution in [-0.2, 0) is 6.42 Å². The average molecular weight is 346 g/mol. The number of rotatable bonds is 8. The van der Waals surface area contributed by atoms with Gasteiger partial charge in [-0.3, -0.25) is 4.79 Å². The lowest BCUT2D eigenvalue weighted by Gasteiger charge is -2.16. The lowest BCUT2D eigenvalue weighted by Crippen LogP contribution is -2.27. The molecule has 0 saturated carbocycles. The van der Waals surface area contributed by atoms with Gasteiger partial charge in [-0.15, -0.1) is 0 Å². The molecule has 0 aliphatic rings. The number of hydrogen-bond donors (Lipinski definition) is 1. The van der Waals surface area contributed by atoms with Gasteiger partial charge in [0.05, 0.1) is 5.56 Å². The Kier molecular flexibility index (Phi) is 7.07. The van der Waals surface area contributed by atoms with Crippen molar-refractivity contribution in [3.63, 3.8) is 0 Å². The van der Waals surface area contributed by atoms with E-state index in [4.69, 9.17) is 11.6 Å². The van der Waals surface area contributed by atoms with E-state index in [-0.39, 0.29) is 5.91 Å². The lowest BCUT2D eigenvalue weighted by atomic mass is 10.1. The van der Waals surface area contributed by atoms with Gasteiger partial charge in [0.2, 0.25) is 0 Å². The number of unbranched alkanes of at least 4 members (excludes halogenated alkanes) is 1. The van der Waals surface area contributed by atoms with Crippen LogP contribution >= 0.6 is 11.6 Å². The summed E-state index contributed by atoms with van der Waals surface area (Å²) in [6, 6.07) is 11.5. The van der Waals surface area contributed by atoms with Crippen LogP contribution in [0.5, 0.6) is 0 Å². The summed E-state index contributed by atoms with van der Waals surface area (Å²) in [6.45, 7) is 3.67. The molecule has 2 rings (SSSR count). The lowest BCUT2D eigenvalue weighted by molar-refractivity contribution is 0.0793. The van der Waals surface area contributed by atoms with Crippen LogP contribution in [0.2, 0.25) is 5.02 Å². The Labute approximate surface area is 148 Å². The first-order valence-corrected chi connectivity index (χ1v) is 8.67. The summed E-state index contributed by atoms with van der Waals surface area (Å²) in [7, 11) is 1.83. The van der Waals surface area contributed by atoms with Gasteiger partial charge in [-0.1, -0.05) is 37.1 Å². The van der Waals surface area contributed by atoms with Crippen molar-refractivity contribution in [1.82, 2.24) is 9.88 Å². The molecule has 0 aliphatic carbocycles. The maximum Gasteiger partial charge on any atom is 0.255 e. The number of carbonyl (C=O) groups is 1. The number of hydrogen-bond acceptors (Lipinski definition) is 3. The summed E-state index contributed by atoms with van der Waals surface area (Å²) in [4.78, 5) is 18.3. The minimum atomic E-state index is 0.0173. The molecule has 1 amide bonds. The van der Waals surface area contributed by atoms with Crippen molar-refractivity contribution in [2.45, 2.75) is 26.2 Å². The number of benzene rings is 1. The number of carbonyl (C=O) groups excluding carboxylic acids is 1. The predicted octanol–water partition coefficient (Wildman–Crippen LogP) is 4.26. The molecule has 2 aromatic rings. The maximum absolute atomic E-state index is 12.2. The van der Waals surface area contributed by atoms with Crippen LogP contribution in [0.1, 0.15) is 35.7 Å². The van der Waals surface area contributed by atoms with E-state index in [0.717, 1.165) is 43.2 Å². The summed E-state index contributed by atoms with van der Waals surface area (Å²) >= 11 is 5.88. The third kappa shape index (κ3) is 5.53. The third-order valence-corrected chi connectivity index (χ3v) is 4.09. The number of anilines is 1. The van der Waals surface area contributed by atoms with Crippen LogP contribution in [0.3, 0.4) is 0 Å². The number of halogens is 1. The topological polar surface area (TPSA) is 45.2 Å². The molecule has 0 saturated heterocycles. The van der Waals surface area contributed by atoms with Gasteiger partial charge in [-0.25, -0.2) is 4.98 Å². The van der Waals surface area contributed by atoms with Crippen LogP contribution in [0.4, 0.5) is 5.82 Å². The second-order valence-electron chi connectivity index (χ2n) is 5.82. The van der Waals surface area contributed by atoms with E-state index >= 15 is 0 Å². The Morgan fingerprint density at radius 2 is 1.96 bits per heavy atom. The zero-order chi connectivity index (χ0) is 17.4. The molecular weight excluding hydrogens is 322 g/mol. The van der Waals surface area contributed by atoms with Crippen molar-refractivity contribution in [3.8, 4) is 0 Å². The van der Waals surface area contributed by atoms with Crippen LogP contribution in [0.25, 0.3) is 0 Å². The molecule has 5 heteroatoms. The molecule has 1 aromatic heterocycles. The normalized spacial score (nSPS) is 10.5. The number of nitrogens with zero attached hydrogens (tertiary/aromatic N) is 2. The second kappa shape index (κ2) is 9.28. The summed E-state index contributed by atoms with van der Waals surface area (Å²) < 4.78 is 0. The van der Waals surface area contributed by atoms with Crippen molar-refractivity contribution < 1.29 is 4.79 Å². The van der Waals surface area contributed by atoms with Gasteiger partial charge in [0, 0.05) is 31.4 Å². The molecule has 0 spiro atoms. The molecule has 0 fully saturated rings. The molecule has 0 unspecified atom stereocenters. The van der Waals surface area contributed by atoms with Gasteiger partial charge in [0.1, 0.15) is 5.82 Å². The van der Waals surface area contributed by atoms with E-state index in [1.54, 1.807) is 11.1 Å². The number of pyridine rings is 1. The van der Waals surface area contributed by atoms with Crippen LogP contribution in [-0.4, -0.2) is 35.9 Å². The highest BCUT2D eigenvalue weighted by Crippen LogP contribution is 2.11. The summed E-state index contributed by atoms with van der Waals surface area (Å²) in [5.41, 5.74) is 1.84. The Bertz CT molecular complexity index is 641. The maximum atomic E-state index is 12.2. The minimum Gasteiger partial charge on any atom is -0.370 e. The molecule has 4 nitrogen and oxygen atoms in total. The first-order valence-electron chi connectivity index (χ1n) is 8.30. The van der Waals surface area contributed by atoms with Gasteiger partial charge < -0.3 is 10.2 Å². The van der Waals surface area contributed by atoms with E-state index in [2.05, 4.69) is 17.2 Å². The zero-order valence-electron chi connectivity index (χ0n) is 14.3. The van der Waals surface area contributed by atoms with E-state index in [1.807, 2.05) is 43.4 Å². The Hall–Kier alpha value is -2.07. The van der Waals surface area contributed by atoms with Gasteiger partial charge >= 0.3 is 0 Å². The van der Waals surface area contributed by atoms with E-state index in [9.17, 15) is 4.79 Å². The molecule has 0 aliphatic heterocycles. The summed E-state index contributed by atoms with van der Waals surface area (Å²) in [6.07, 6.45) is 4.61. The van der Waals surface area contributed by atoms with Crippen molar-refractivity contribution in [1.29, 1.82) is 0 Å². The highest BCUT2D eigenvalue weighted by Gasteiger charge is 2.11. The molecule has 24 heavy (non-hydrogen) atoms. The quantitative estimate of drug-likeness (QED) is 0.777. The smallest absolute Gasteiger partial charge is 0.255 e. The third-order valence-electron chi connectivity index (χ3n) is 3.84. The fourth-order valence-electron chi connectivity index (χ4n) is 2.33. The average Bonchev–Trinajstić information content (AvgIpc) is 2.61. The monoisotopic (exact) mass is 345 g/mol. The van der Waals surface area contributed by atoms with Crippen molar-refractivity contribution in [3.05, 3.63) is 58.7 Å². The first-order chi connectivity index (χ1) is 11.6. The molecule has 0 radical (unpaired) electrons. The number of aromatic nitrogens is 1. The molecule has 1 aromatic carbocycles. The van der Waals surface area contributed by atoms with E-state index < -0.39 is 0 Å². The largest absolute Gasteiger partial charge is 0.370 e. The second-order valence-corrected chi connectivity index (χ2v) is 6.25. The molecule has 128 valence electrons. The first kappa shape index (κ1) is 18.3. The fourth-order valence-corrected chi connectivity index (χ4v) is 2.45. The minimum absolute atomic E-state index is 0.0173.